The number of fused-ring (bicyclic) bond motifs is 1. The van der Waals surface area contributed by atoms with Crippen molar-refractivity contribution < 1.29 is 47.3 Å². The molecule has 29 heavy (non-hydrogen) atoms. The highest BCUT2D eigenvalue weighted by molar-refractivity contribution is 7.61. The third kappa shape index (κ3) is 4.55. The van der Waals surface area contributed by atoms with E-state index in [2.05, 4.69) is 34.3 Å². The molecule has 1 saturated heterocycles. The molecular formula is C10H16N6O11P2. The van der Waals surface area contributed by atoms with Crippen LogP contribution in [0.5, 0.6) is 0 Å². The molecular weight excluding hydrogens is 442 g/mol. The molecule has 1 fully saturated rings. The van der Waals surface area contributed by atoms with Gasteiger partial charge in [0.15, 0.2) is 17.4 Å². The zero-order valence-corrected chi connectivity index (χ0v) is 15.9. The Bertz CT molecular complexity index is 1050. The molecule has 9 N–H and O–H groups in total. The number of aromatic nitrogens is 4. The fraction of sp³-hybridized carbons (Fsp3) is 0.500. The van der Waals surface area contributed by atoms with E-state index in [-0.39, 0.29) is 17.1 Å². The summed E-state index contributed by atoms with van der Waals surface area (Å²) in [4.78, 5) is 39.2. The number of hydrogen-bond acceptors (Lipinski definition) is 13. The van der Waals surface area contributed by atoms with Gasteiger partial charge in [-0.3, -0.25) is 18.9 Å². The molecule has 2 aromatic heterocycles. The number of phosphoric acid groups is 2. The van der Waals surface area contributed by atoms with Gasteiger partial charge in [-0.05, 0) is 0 Å². The number of nitrogens with two attached hydrogens (primary N) is 2. The van der Waals surface area contributed by atoms with Gasteiger partial charge in [0.1, 0.15) is 18.3 Å². The molecule has 19 heteroatoms. The van der Waals surface area contributed by atoms with Crippen LogP contribution in [-0.2, 0) is 27.3 Å². The number of imidazole rings is 1. The average molecular weight is 458 g/mol. The smallest absolute Gasteiger partial charge is 0.387 e. The van der Waals surface area contributed by atoms with Crippen LogP contribution in [0.3, 0.4) is 0 Å². The van der Waals surface area contributed by atoms with Crippen LogP contribution in [0, 0.1) is 0 Å². The number of aromatic amines is 1. The predicted octanol–water partition coefficient (Wildman–Crippen LogP) is -2.55. The monoisotopic (exact) mass is 458 g/mol. The van der Waals surface area contributed by atoms with E-state index >= 15 is 0 Å². The lowest BCUT2D eigenvalue weighted by atomic mass is 10.1. The van der Waals surface area contributed by atoms with E-state index in [9.17, 15) is 24.1 Å². The highest BCUT2D eigenvalue weighted by Crippen LogP contribution is 2.60. The van der Waals surface area contributed by atoms with E-state index < -0.39 is 52.4 Å². The summed E-state index contributed by atoms with van der Waals surface area (Å²) in [6, 6.07) is 0. The molecule has 2 aromatic rings. The summed E-state index contributed by atoms with van der Waals surface area (Å²) in [5.41, 5.74) is 4.68. The van der Waals surface area contributed by atoms with Crippen molar-refractivity contribution in [3.05, 3.63) is 16.7 Å². The van der Waals surface area contributed by atoms with Crippen LogP contribution in [0.4, 0.5) is 5.95 Å². The molecule has 0 bridgehead atoms. The number of anilines is 1. The molecule has 17 nitrogen and oxygen atoms in total. The zero-order valence-electron chi connectivity index (χ0n) is 14.1. The Morgan fingerprint density at radius 3 is 2.62 bits per heavy atom. The Balaban J connectivity index is 1.80. The highest BCUT2D eigenvalue weighted by Gasteiger charge is 2.46. The van der Waals surface area contributed by atoms with Crippen molar-refractivity contribution >= 4 is 32.8 Å². The number of ether oxygens (including phenoxy) is 1. The Morgan fingerprint density at radius 2 is 2.00 bits per heavy atom. The van der Waals surface area contributed by atoms with Crippen LogP contribution in [-0.4, -0.2) is 64.4 Å². The summed E-state index contributed by atoms with van der Waals surface area (Å²) in [6.45, 7) is -0.814. The zero-order chi connectivity index (χ0) is 21.6. The van der Waals surface area contributed by atoms with Crippen molar-refractivity contribution in [2.75, 3.05) is 12.3 Å². The van der Waals surface area contributed by atoms with E-state index in [1.54, 1.807) is 0 Å². The van der Waals surface area contributed by atoms with Gasteiger partial charge in [0.2, 0.25) is 5.95 Å². The standard InChI is InChI=1S/C10H16N6O11P2/c11-10-14-7-4(8(19)15-10)13-2-16(7)9-6(18)5(17)3(25-9)1-24-29(23,26-12)27-28(20,21)22/h2-3,5-6,9,17-18H,1,12H2,(H2,20,21,22)(H3,11,14,15,19)/t3-,5?,6?,9-,29?/m1/s1. The maximum atomic E-state index is 11.9. The van der Waals surface area contributed by atoms with Gasteiger partial charge in [-0.1, -0.05) is 0 Å². The number of aliphatic hydroxyl groups excluding tert-OH is 2. The first kappa shape index (κ1) is 21.9. The first-order valence-electron chi connectivity index (χ1n) is 7.58. The molecule has 1 aliphatic rings. The molecule has 3 rings (SSSR count). The van der Waals surface area contributed by atoms with Gasteiger partial charge in [-0.15, -0.1) is 0 Å². The fourth-order valence-corrected chi connectivity index (χ4v) is 4.37. The molecule has 0 saturated carbocycles. The van der Waals surface area contributed by atoms with E-state index in [1.165, 1.54) is 0 Å². The van der Waals surface area contributed by atoms with Crippen molar-refractivity contribution in [2.24, 2.45) is 5.90 Å². The quantitative estimate of drug-likeness (QED) is 0.166. The van der Waals surface area contributed by atoms with Crippen molar-refractivity contribution in [1.29, 1.82) is 0 Å². The molecule has 3 heterocycles. The number of hydrogen-bond donors (Lipinski definition) is 7. The molecule has 5 atom stereocenters. The Morgan fingerprint density at radius 1 is 1.31 bits per heavy atom. The van der Waals surface area contributed by atoms with Crippen molar-refractivity contribution in [3.8, 4) is 0 Å². The Kier molecular flexibility index (Phi) is 5.92. The van der Waals surface area contributed by atoms with Gasteiger partial charge in [0, 0.05) is 0 Å². The van der Waals surface area contributed by atoms with Gasteiger partial charge in [0.05, 0.1) is 12.9 Å². The fourth-order valence-electron chi connectivity index (χ4n) is 2.59. The number of nitrogens with one attached hydrogen (secondary N) is 1. The first-order chi connectivity index (χ1) is 13.4. The molecule has 162 valence electrons. The van der Waals surface area contributed by atoms with Crippen LogP contribution in [0.15, 0.2) is 11.1 Å². The Labute approximate surface area is 160 Å². The maximum absolute atomic E-state index is 11.9. The van der Waals surface area contributed by atoms with Crippen LogP contribution >= 0.6 is 15.6 Å². The van der Waals surface area contributed by atoms with Gasteiger partial charge in [-0.2, -0.15) is 9.29 Å². The summed E-state index contributed by atoms with van der Waals surface area (Å²) in [6.07, 6.45) is -4.81. The predicted molar refractivity (Wildman–Crippen MR) is 90.4 cm³/mol. The summed E-state index contributed by atoms with van der Waals surface area (Å²) >= 11 is 0. The maximum Gasteiger partial charge on any atom is 0.500 e. The molecule has 0 amide bonds. The van der Waals surface area contributed by atoms with Crippen LogP contribution in [0.1, 0.15) is 6.23 Å². The summed E-state index contributed by atoms with van der Waals surface area (Å²) < 4.78 is 41.7. The van der Waals surface area contributed by atoms with Crippen molar-refractivity contribution in [3.63, 3.8) is 0 Å². The molecule has 0 radical (unpaired) electrons. The topological polar surface area (TPSA) is 268 Å². The third-order valence-electron chi connectivity index (χ3n) is 3.79. The van der Waals surface area contributed by atoms with E-state index in [4.69, 9.17) is 20.3 Å². The van der Waals surface area contributed by atoms with Gasteiger partial charge >= 0.3 is 15.6 Å². The van der Waals surface area contributed by atoms with Crippen LogP contribution in [0.25, 0.3) is 11.2 Å². The number of H-pyrrole nitrogens is 1. The molecule has 3 unspecified atom stereocenters. The van der Waals surface area contributed by atoms with E-state index in [0.29, 0.717) is 0 Å². The minimum atomic E-state index is -5.29. The SMILES string of the molecule is NOP(=O)(OC[C@H]1O[C@@H](n2cnc3c(=O)[nH]c(N)nc32)C(O)C1O)OP(=O)(O)O. The van der Waals surface area contributed by atoms with Gasteiger partial charge in [0.25, 0.3) is 5.56 Å². The normalized spacial score (nSPS) is 27.3. The van der Waals surface area contributed by atoms with E-state index in [0.717, 1.165) is 10.9 Å². The van der Waals surface area contributed by atoms with Crippen molar-refractivity contribution in [1.82, 2.24) is 19.5 Å². The summed E-state index contributed by atoms with van der Waals surface area (Å²) in [5, 5.41) is 20.4. The van der Waals surface area contributed by atoms with Crippen LogP contribution in [0.2, 0.25) is 0 Å². The summed E-state index contributed by atoms with van der Waals surface area (Å²) in [5.74, 6) is 4.45. The van der Waals surface area contributed by atoms with E-state index in [1.807, 2.05) is 0 Å². The molecule has 0 spiro atoms. The lowest BCUT2D eigenvalue weighted by molar-refractivity contribution is -0.0513. The summed E-state index contributed by atoms with van der Waals surface area (Å²) in [7, 11) is -10.2. The first-order valence-corrected chi connectivity index (χ1v) is 10.6. The van der Waals surface area contributed by atoms with Crippen LogP contribution < -0.4 is 17.2 Å². The Hall–Kier alpha value is -1.75. The largest absolute Gasteiger partial charge is 0.500 e. The average Bonchev–Trinajstić information content (AvgIpc) is 3.14. The number of nitrogen functional groups attached to an aromatic ring is 1. The number of nitrogens with zero attached hydrogens (tertiary/aromatic N) is 3. The van der Waals surface area contributed by atoms with Crippen molar-refractivity contribution in [2.45, 2.75) is 24.5 Å². The second-order valence-electron chi connectivity index (χ2n) is 5.74. The highest BCUT2D eigenvalue weighted by atomic mass is 31.3. The number of aliphatic hydroxyl groups is 2. The lowest BCUT2D eigenvalue weighted by Gasteiger charge is -2.19. The second-order valence-corrected chi connectivity index (χ2v) is 8.74. The minimum Gasteiger partial charge on any atom is -0.387 e. The molecule has 0 aliphatic carbocycles. The second kappa shape index (κ2) is 7.82. The lowest BCUT2D eigenvalue weighted by Crippen LogP contribution is -2.33. The molecule has 1 aliphatic heterocycles. The van der Waals surface area contributed by atoms with Gasteiger partial charge in [-0.25, -0.2) is 24.6 Å². The minimum absolute atomic E-state index is 0.0511. The molecule has 0 aromatic carbocycles. The number of rotatable bonds is 7. The third-order valence-corrected chi connectivity index (χ3v) is 6.17. The van der Waals surface area contributed by atoms with Gasteiger partial charge < -0.3 is 30.5 Å².